The summed E-state index contributed by atoms with van der Waals surface area (Å²) in [5.41, 5.74) is 1.34. The van der Waals surface area contributed by atoms with Crippen LogP contribution in [0.5, 0.6) is 0 Å². The van der Waals surface area contributed by atoms with Crippen molar-refractivity contribution in [2.75, 3.05) is 25.1 Å². The van der Waals surface area contributed by atoms with E-state index < -0.39 is 10.8 Å². The van der Waals surface area contributed by atoms with Gasteiger partial charge in [0.2, 0.25) is 0 Å². The Morgan fingerprint density at radius 1 is 1.42 bits per heavy atom. The maximum atomic E-state index is 11.5. The fourth-order valence-corrected chi connectivity index (χ4v) is 3.72. The van der Waals surface area contributed by atoms with Crippen molar-refractivity contribution in [3.8, 4) is 0 Å². The summed E-state index contributed by atoms with van der Waals surface area (Å²) >= 11 is 0. The molecule has 1 aliphatic heterocycles. The van der Waals surface area contributed by atoms with Crippen LogP contribution in [0.4, 0.5) is 0 Å². The average Bonchev–Trinajstić information content (AvgIpc) is 2.39. The molecule has 0 radical (unpaired) electrons. The summed E-state index contributed by atoms with van der Waals surface area (Å²) in [5, 5.41) is 3.55. The molecule has 1 aliphatic rings. The van der Waals surface area contributed by atoms with E-state index in [0.717, 1.165) is 18.8 Å². The SMILES string of the molecule is CC1CN(C(C)CS(C)=O)C(c2ccccc2)CN1. The summed E-state index contributed by atoms with van der Waals surface area (Å²) in [6, 6.07) is 11.8. The summed E-state index contributed by atoms with van der Waals surface area (Å²) in [4.78, 5) is 2.50. The molecule has 19 heavy (non-hydrogen) atoms. The van der Waals surface area contributed by atoms with Crippen molar-refractivity contribution in [2.45, 2.75) is 32.0 Å². The molecule has 0 aromatic heterocycles. The Kier molecular flexibility index (Phi) is 5.13. The van der Waals surface area contributed by atoms with Gasteiger partial charge in [-0.2, -0.15) is 0 Å². The van der Waals surface area contributed by atoms with E-state index in [2.05, 4.69) is 54.4 Å². The van der Waals surface area contributed by atoms with Crippen molar-refractivity contribution in [3.05, 3.63) is 35.9 Å². The Hall–Kier alpha value is -0.710. The topological polar surface area (TPSA) is 32.3 Å². The van der Waals surface area contributed by atoms with Crippen LogP contribution in [0, 0.1) is 0 Å². The molecule has 2 rings (SSSR count). The van der Waals surface area contributed by atoms with Gasteiger partial charge in [-0.1, -0.05) is 30.3 Å². The lowest BCUT2D eigenvalue weighted by Crippen LogP contribution is -2.54. The quantitative estimate of drug-likeness (QED) is 0.912. The van der Waals surface area contributed by atoms with Crippen molar-refractivity contribution in [2.24, 2.45) is 0 Å². The van der Waals surface area contributed by atoms with E-state index in [1.807, 2.05) is 0 Å². The molecule has 1 saturated heterocycles. The summed E-state index contributed by atoms with van der Waals surface area (Å²) < 4.78 is 11.5. The van der Waals surface area contributed by atoms with Crippen LogP contribution in [0.2, 0.25) is 0 Å². The second-order valence-corrected chi connectivity index (χ2v) is 7.00. The van der Waals surface area contributed by atoms with Crippen LogP contribution in [0.3, 0.4) is 0 Å². The standard InChI is InChI=1S/C15H24N2OS/c1-12-10-17(13(2)11-19(3)18)15(9-16-12)14-7-5-4-6-8-14/h4-8,12-13,15-16H,9-11H2,1-3H3. The number of rotatable bonds is 4. The summed E-state index contributed by atoms with van der Waals surface area (Å²) in [5.74, 6) is 0.746. The highest BCUT2D eigenvalue weighted by molar-refractivity contribution is 7.84. The molecule has 1 aromatic carbocycles. The normalized spacial score (nSPS) is 27.9. The van der Waals surface area contributed by atoms with E-state index in [1.165, 1.54) is 5.56 Å². The van der Waals surface area contributed by atoms with Gasteiger partial charge in [0, 0.05) is 54.0 Å². The van der Waals surface area contributed by atoms with Crippen LogP contribution in [-0.4, -0.2) is 46.3 Å². The van der Waals surface area contributed by atoms with Gasteiger partial charge in [0.05, 0.1) is 0 Å². The zero-order valence-electron chi connectivity index (χ0n) is 12.0. The van der Waals surface area contributed by atoms with Crippen LogP contribution in [0.1, 0.15) is 25.5 Å². The van der Waals surface area contributed by atoms with Crippen molar-refractivity contribution in [3.63, 3.8) is 0 Å². The van der Waals surface area contributed by atoms with Crippen LogP contribution in [-0.2, 0) is 10.8 Å². The number of hydrogen-bond donors (Lipinski definition) is 1. The monoisotopic (exact) mass is 280 g/mol. The van der Waals surface area contributed by atoms with Crippen molar-refractivity contribution in [1.29, 1.82) is 0 Å². The summed E-state index contributed by atoms with van der Waals surface area (Å²) in [6.45, 7) is 6.38. The lowest BCUT2D eigenvalue weighted by Gasteiger charge is -2.43. The third-order valence-electron chi connectivity index (χ3n) is 3.77. The Labute approximate surface area is 118 Å². The fraction of sp³-hybridized carbons (Fsp3) is 0.600. The van der Waals surface area contributed by atoms with Gasteiger partial charge in [0.15, 0.2) is 0 Å². The van der Waals surface area contributed by atoms with Gasteiger partial charge in [0.25, 0.3) is 0 Å². The molecule has 1 heterocycles. The summed E-state index contributed by atoms with van der Waals surface area (Å²) in [6.07, 6.45) is 1.79. The third kappa shape index (κ3) is 3.88. The first-order valence-corrected chi connectivity index (χ1v) is 8.64. The lowest BCUT2D eigenvalue weighted by atomic mass is 10.00. The van der Waals surface area contributed by atoms with Gasteiger partial charge < -0.3 is 5.32 Å². The molecule has 3 nitrogen and oxygen atoms in total. The predicted molar refractivity (Wildman–Crippen MR) is 81.7 cm³/mol. The van der Waals surface area contributed by atoms with E-state index in [1.54, 1.807) is 6.26 Å². The molecule has 4 atom stereocenters. The van der Waals surface area contributed by atoms with E-state index in [4.69, 9.17) is 0 Å². The van der Waals surface area contributed by atoms with E-state index in [9.17, 15) is 4.21 Å². The van der Waals surface area contributed by atoms with E-state index >= 15 is 0 Å². The molecule has 0 amide bonds. The Morgan fingerprint density at radius 2 is 2.11 bits per heavy atom. The molecule has 1 fully saturated rings. The molecule has 0 bridgehead atoms. The van der Waals surface area contributed by atoms with Gasteiger partial charge >= 0.3 is 0 Å². The minimum Gasteiger partial charge on any atom is -0.311 e. The van der Waals surface area contributed by atoms with Gasteiger partial charge in [-0.15, -0.1) is 0 Å². The Bertz CT molecular complexity index is 423. The first-order valence-electron chi connectivity index (χ1n) is 6.92. The third-order valence-corrected chi connectivity index (χ3v) is 4.72. The maximum Gasteiger partial charge on any atom is 0.0476 e. The number of piperazine rings is 1. The zero-order valence-corrected chi connectivity index (χ0v) is 12.8. The molecule has 1 aromatic rings. The molecule has 4 unspecified atom stereocenters. The molecular weight excluding hydrogens is 256 g/mol. The highest BCUT2D eigenvalue weighted by Crippen LogP contribution is 2.25. The van der Waals surface area contributed by atoms with Crippen molar-refractivity contribution in [1.82, 2.24) is 10.2 Å². The van der Waals surface area contributed by atoms with E-state index in [-0.39, 0.29) is 0 Å². The van der Waals surface area contributed by atoms with Crippen LogP contribution in [0.25, 0.3) is 0 Å². The molecule has 106 valence electrons. The first-order chi connectivity index (χ1) is 9.08. The molecule has 4 heteroatoms. The number of benzene rings is 1. The smallest absolute Gasteiger partial charge is 0.0476 e. The number of nitrogens with one attached hydrogen (secondary N) is 1. The predicted octanol–water partition coefficient (Wildman–Crippen LogP) is 1.79. The largest absolute Gasteiger partial charge is 0.311 e. The second-order valence-electron chi connectivity index (χ2n) is 5.52. The number of hydrogen-bond acceptors (Lipinski definition) is 3. The lowest BCUT2D eigenvalue weighted by molar-refractivity contribution is 0.103. The molecular formula is C15H24N2OS. The highest BCUT2D eigenvalue weighted by atomic mass is 32.2. The highest BCUT2D eigenvalue weighted by Gasteiger charge is 2.30. The Morgan fingerprint density at radius 3 is 2.74 bits per heavy atom. The van der Waals surface area contributed by atoms with Crippen LogP contribution in [0.15, 0.2) is 30.3 Å². The zero-order chi connectivity index (χ0) is 13.8. The van der Waals surface area contributed by atoms with Gasteiger partial charge in [-0.05, 0) is 19.4 Å². The Balaban J connectivity index is 2.17. The van der Waals surface area contributed by atoms with Crippen molar-refractivity contribution >= 4 is 10.8 Å². The summed E-state index contributed by atoms with van der Waals surface area (Å²) in [7, 11) is -0.742. The minimum atomic E-state index is -0.742. The average molecular weight is 280 g/mol. The minimum absolute atomic E-state index is 0.348. The van der Waals surface area contributed by atoms with Crippen LogP contribution < -0.4 is 5.32 Å². The molecule has 0 spiro atoms. The molecule has 1 N–H and O–H groups in total. The fourth-order valence-electron chi connectivity index (χ4n) is 2.85. The van der Waals surface area contributed by atoms with Crippen molar-refractivity contribution < 1.29 is 4.21 Å². The van der Waals surface area contributed by atoms with Gasteiger partial charge in [-0.25, -0.2) is 0 Å². The van der Waals surface area contributed by atoms with Gasteiger partial charge in [0.1, 0.15) is 0 Å². The number of nitrogens with zero attached hydrogens (tertiary/aromatic N) is 1. The van der Waals surface area contributed by atoms with Crippen LogP contribution >= 0.6 is 0 Å². The second kappa shape index (κ2) is 6.64. The van der Waals surface area contributed by atoms with E-state index in [0.29, 0.717) is 18.1 Å². The maximum absolute atomic E-state index is 11.5. The first kappa shape index (κ1) is 14.7. The molecule has 0 saturated carbocycles. The van der Waals surface area contributed by atoms with Gasteiger partial charge in [-0.3, -0.25) is 9.11 Å². The molecule has 0 aliphatic carbocycles.